The van der Waals surface area contributed by atoms with E-state index >= 15 is 0 Å². The summed E-state index contributed by atoms with van der Waals surface area (Å²) in [5, 5.41) is 0. The van der Waals surface area contributed by atoms with Crippen LogP contribution in [0.1, 0.15) is 44.4 Å². The summed E-state index contributed by atoms with van der Waals surface area (Å²) in [6, 6.07) is 14.9. The molecule has 0 spiro atoms. The first-order chi connectivity index (χ1) is 10.6. The maximum absolute atomic E-state index is 12.2. The van der Waals surface area contributed by atoms with E-state index in [4.69, 9.17) is 4.74 Å². The molecule has 0 aliphatic heterocycles. The highest BCUT2D eigenvalue weighted by Gasteiger charge is 2.15. The summed E-state index contributed by atoms with van der Waals surface area (Å²) in [5.74, 6) is -1.04. The van der Waals surface area contributed by atoms with E-state index in [1.807, 2.05) is 0 Å². The standard InChI is InChI=1S/C18H16O4/c1-2-22-18(21)15-10-6-9-14(11-15)17(20)12-16(19)13-7-4-3-5-8-13/h3-11H,2,12H2,1H3. The Kier molecular flexibility index (Phi) is 5.20. The number of hydrogen-bond acceptors (Lipinski definition) is 4. The van der Waals surface area contributed by atoms with Gasteiger partial charge in [0.05, 0.1) is 18.6 Å². The van der Waals surface area contributed by atoms with Crippen LogP contribution in [0.15, 0.2) is 54.6 Å². The Morgan fingerprint density at radius 1 is 0.818 bits per heavy atom. The smallest absolute Gasteiger partial charge is 0.338 e. The molecule has 0 amide bonds. The van der Waals surface area contributed by atoms with Crippen molar-refractivity contribution < 1.29 is 19.1 Å². The molecule has 4 heteroatoms. The van der Waals surface area contributed by atoms with Gasteiger partial charge >= 0.3 is 5.97 Å². The van der Waals surface area contributed by atoms with E-state index in [2.05, 4.69) is 0 Å². The monoisotopic (exact) mass is 296 g/mol. The molecule has 0 aromatic heterocycles. The van der Waals surface area contributed by atoms with E-state index in [-0.39, 0.29) is 24.6 Å². The summed E-state index contributed by atoms with van der Waals surface area (Å²) in [7, 11) is 0. The Balaban J connectivity index is 2.11. The average Bonchev–Trinajstić information content (AvgIpc) is 2.56. The van der Waals surface area contributed by atoms with Crippen LogP contribution in [0, 0.1) is 0 Å². The van der Waals surface area contributed by atoms with Crippen molar-refractivity contribution in [3.8, 4) is 0 Å². The predicted octanol–water partition coefficient (Wildman–Crippen LogP) is 3.32. The molecule has 0 aliphatic carbocycles. The lowest BCUT2D eigenvalue weighted by molar-refractivity contribution is 0.0526. The third kappa shape index (κ3) is 3.88. The number of carbonyl (C=O) groups is 3. The molecule has 0 bridgehead atoms. The van der Waals surface area contributed by atoms with Crippen LogP contribution in [-0.2, 0) is 4.74 Å². The molecule has 112 valence electrons. The van der Waals surface area contributed by atoms with Crippen LogP contribution >= 0.6 is 0 Å². The fraction of sp³-hybridized carbons (Fsp3) is 0.167. The van der Waals surface area contributed by atoms with E-state index in [9.17, 15) is 14.4 Å². The summed E-state index contributed by atoms with van der Waals surface area (Å²) < 4.78 is 4.90. The van der Waals surface area contributed by atoms with Crippen molar-refractivity contribution in [2.24, 2.45) is 0 Å². The van der Waals surface area contributed by atoms with Gasteiger partial charge in [-0.05, 0) is 19.1 Å². The van der Waals surface area contributed by atoms with Gasteiger partial charge in [-0.3, -0.25) is 9.59 Å². The van der Waals surface area contributed by atoms with Crippen LogP contribution in [0.4, 0.5) is 0 Å². The molecule has 2 aromatic carbocycles. The van der Waals surface area contributed by atoms with Crippen molar-refractivity contribution in [3.05, 3.63) is 71.3 Å². The first-order valence-corrected chi connectivity index (χ1v) is 7.00. The second-order valence-corrected chi connectivity index (χ2v) is 4.69. The van der Waals surface area contributed by atoms with Crippen molar-refractivity contribution in [2.45, 2.75) is 13.3 Å². The number of esters is 1. The maximum atomic E-state index is 12.2. The Hall–Kier alpha value is -2.75. The topological polar surface area (TPSA) is 60.4 Å². The normalized spacial score (nSPS) is 10.0. The number of carbonyl (C=O) groups excluding carboxylic acids is 3. The van der Waals surface area contributed by atoms with Gasteiger partial charge in [0, 0.05) is 11.1 Å². The molecule has 0 atom stereocenters. The van der Waals surface area contributed by atoms with Gasteiger partial charge in [-0.2, -0.15) is 0 Å². The predicted molar refractivity (Wildman–Crippen MR) is 82.1 cm³/mol. The largest absolute Gasteiger partial charge is 0.462 e. The van der Waals surface area contributed by atoms with Gasteiger partial charge in [0.1, 0.15) is 0 Å². The van der Waals surface area contributed by atoms with E-state index in [0.717, 1.165) is 0 Å². The minimum Gasteiger partial charge on any atom is -0.462 e. The number of hydrogen-bond donors (Lipinski definition) is 0. The molecule has 0 N–H and O–H groups in total. The van der Waals surface area contributed by atoms with Gasteiger partial charge in [-0.1, -0.05) is 42.5 Å². The SMILES string of the molecule is CCOC(=O)c1cccc(C(=O)CC(=O)c2ccccc2)c1. The molecule has 0 fully saturated rings. The lowest BCUT2D eigenvalue weighted by Gasteiger charge is -2.05. The molecule has 22 heavy (non-hydrogen) atoms. The molecule has 0 unspecified atom stereocenters. The van der Waals surface area contributed by atoms with Crippen molar-refractivity contribution in [3.63, 3.8) is 0 Å². The highest BCUT2D eigenvalue weighted by Crippen LogP contribution is 2.12. The molecule has 0 saturated heterocycles. The van der Waals surface area contributed by atoms with Crippen LogP contribution in [0.3, 0.4) is 0 Å². The third-order valence-electron chi connectivity index (χ3n) is 3.11. The number of ketones is 2. The number of rotatable bonds is 6. The Morgan fingerprint density at radius 2 is 1.41 bits per heavy atom. The molecule has 0 aliphatic rings. The average molecular weight is 296 g/mol. The summed E-state index contributed by atoms with van der Waals surface area (Å²) in [6.45, 7) is 1.98. The minimum atomic E-state index is -0.480. The van der Waals surface area contributed by atoms with Gasteiger partial charge < -0.3 is 4.74 Å². The third-order valence-corrected chi connectivity index (χ3v) is 3.11. The summed E-state index contributed by atoms with van der Waals surface area (Å²) in [4.78, 5) is 35.9. The van der Waals surface area contributed by atoms with Crippen LogP contribution in [0.25, 0.3) is 0 Å². The van der Waals surface area contributed by atoms with Gasteiger partial charge in [-0.15, -0.1) is 0 Å². The molecule has 0 heterocycles. The van der Waals surface area contributed by atoms with Gasteiger partial charge in [0.2, 0.25) is 0 Å². The number of Topliss-reactive ketones (excluding diaryl/α,β-unsaturated/α-hetero) is 2. The van der Waals surface area contributed by atoms with Crippen molar-refractivity contribution in [1.82, 2.24) is 0 Å². The van der Waals surface area contributed by atoms with Gasteiger partial charge in [0.25, 0.3) is 0 Å². The molecular formula is C18H16O4. The van der Waals surface area contributed by atoms with Crippen LogP contribution in [-0.4, -0.2) is 24.1 Å². The molecule has 2 aromatic rings. The van der Waals surface area contributed by atoms with E-state index in [1.165, 1.54) is 6.07 Å². The molecule has 2 rings (SSSR count). The van der Waals surface area contributed by atoms with Crippen LogP contribution in [0.5, 0.6) is 0 Å². The van der Waals surface area contributed by atoms with Crippen LogP contribution < -0.4 is 0 Å². The fourth-order valence-electron chi connectivity index (χ4n) is 2.01. The zero-order valence-corrected chi connectivity index (χ0v) is 12.2. The van der Waals surface area contributed by atoms with Crippen molar-refractivity contribution in [1.29, 1.82) is 0 Å². The van der Waals surface area contributed by atoms with Gasteiger partial charge in [-0.25, -0.2) is 4.79 Å². The molecule has 4 nitrogen and oxygen atoms in total. The quantitative estimate of drug-likeness (QED) is 0.466. The van der Waals surface area contributed by atoms with Gasteiger partial charge in [0.15, 0.2) is 11.6 Å². The first-order valence-electron chi connectivity index (χ1n) is 7.00. The van der Waals surface area contributed by atoms with E-state index < -0.39 is 5.97 Å². The number of ether oxygens (including phenoxy) is 1. The highest BCUT2D eigenvalue weighted by molar-refractivity contribution is 6.13. The molecule has 0 radical (unpaired) electrons. The first kappa shape index (κ1) is 15.6. The Morgan fingerprint density at radius 3 is 2.09 bits per heavy atom. The summed E-state index contributed by atoms with van der Waals surface area (Å²) in [6.07, 6.45) is -0.226. The van der Waals surface area contributed by atoms with E-state index in [0.29, 0.717) is 16.7 Å². The highest BCUT2D eigenvalue weighted by atomic mass is 16.5. The Bertz CT molecular complexity index is 689. The van der Waals surface area contributed by atoms with E-state index in [1.54, 1.807) is 55.5 Å². The van der Waals surface area contributed by atoms with Crippen LogP contribution in [0.2, 0.25) is 0 Å². The second-order valence-electron chi connectivity index (χ2n) is 4.69. The zero-order chi connectivity index (χ0) is 15.9. The summed E-state index contributed by atoms with van der Waals surface area (Å²) >= 11 is 0. The summed E-state index contributed by atoms with van der Waals surface area (Å²) in [5.41, 5.74) is 1.13. The Labute approximate surface area is 128 Å². The minimum absolute atomic E-state index is 0.226. The van der Waals surface area contributed by atoms with Crippen molar-refractivity contribution in [2.75, 3.05) is 6.61 Å². The molecular weight excluding hydrogens is 280 g/mol. The lowest BCUT2D eigenvalue weighted by atomic mass is 10.0. The number of benzene rings is 2. The van der Waals surface area contributed by atoms with Crippen molar-refractivity contribution >= 4 is 17.5 Å². The fourth-order valence-corrected chi connectivity index (χ4v) is 2.01. The zero-order valence-electron chi connectivity index (χ0n) is 12.2. The maximum Gasteiger partial charge on any atom is 0.338 e. The molecule has 0 saturated carbocycles. The second kappa shape index (κ2) is 7.31. The lowest BCUT2D eigenvalue weighted by Crippen LogP contribution is -2.10.